The predicted molar refractivity (Wildman–Crippen MR) is 100 cm³/mol. The quantitative estimate of drug-likeness (QED) is 0.648. The van der Waals surface area contributed by atoms with Crippen LogP contribution in [0.15, 0.2) is 79.1 Å². The van der Waals surface area contributed by atoms with Crippen LogP contribution in [0.2, 0.25) is 0 Å². The van der Waals surface area contributed by atoms with Gasteiger partial charge in [0, 0.05) is 6.20 Å². The fourth-order valence-electron chi connectivity index (χ4n) is 2.65. The number of nitrogen functional groups attached to an aromatic ring is 1. The molecule has 4 N–H and O–H groups in total. The van der Waals surface area contributed by atoms with Crippen molar-refractivity contribution in [3.63, 3.8) is 0 Å². The summed E-state index contributed by atoms with van der Waals surface area (Å²) < 4.78 is 0. The van der Waals surface area contributed by atoms with Gasteiger partial charge in [-0.05, 0) is 17.2 Å². The summed E-state index contributed by atoms with van der Waals surface area (Å²) in [5.41, 5.74) is 8.98. The standard InChI is InChI=1S/C20H20N4O/c21-17-11-18(13-22-12-17)24-19(25)14-23-20(15-7-3-1-4-8-15)16-9-5-2-6-10-16/h1-13,20,23H,14,21H2,(H,24,25). The van der Waals surface area contributed by atoms with Gasteiger partial charge in [0.25, 0.3) is 0 Å². The van der Waals surface area contributed by atoms with Crippen LogP contribution in [0.25, 0.3) is 0 Å². The number of benzene rings is 2. The molecule has 0 saturated carbocycles. The summed E-state index contributed by atoms with van der Waals surface area (Å²) in [7, 11) is 0. The molecule has 0 atom stereocenters. The molecular formula is C20H20N4O. The molecule has 0 spiro atoms. The van der Waals surface area contributed by atoms with Gasteiger partial charge in [-0.1, -0.05) is 60.7 Å². The van der Waals surface area contributed by atoms with Crippen LogP contribution in [0.4, 0.5) is 11.4 Å². The van der Waals surface area contributed by atoms with E-state index in [9.17, 15) is 4.79 Å². The highest BCUT2D eigenvalue weighted by Crippen LogP contribution is 2.21. The second-order valence-corrected chi connectivity index (χ2v) is 5.69. The molecule has 25 heavy (non-hydrogen) atoms. The molecule has 0 saturated heterocycles. The molecule has 2 aromatic carbocycles. The van der Waals surface area contributed by atoms with E-state index >= 15 is 0 Å². The Kier molecular flexibility index (Phi) is 5.39. The van der Waals surface area contributed by atoms with Gasteiger partial charge in [0.1, 0.15) is 0 Å². The van der Waals surface area contributed by atoms with Crippen LogP contribution in [0.3, 0.4) is 0 Å². The first-order chi connectivity index (χ1) is 12.2. The van der Waals surface area contributed by atoms with Crippen molar-refractivity contribution in [3.05, 3.63) is 90.3 Å². The summed E-state index contributed by atoms with van der Waals surface area (Å²) in [5.74, 6) is -0.149. The number of carbonyl (C=O) groups excluding carboxylic acids is 1. The number of anilines is 2. The number of nitrogens with zero attached hydrogens (tertiary/aromatic N) is 1. The van der Waals surface area contributed by atoms with E-state index in [4.69, 9.17) is 5.73 Å². The van der Waals surface area contributed by atoms with Crippen molar-refractivity contribution < 1.29 is 4.79 Å². The van der Waals surface area contributed by atoms with Crippen molar-refractivity contribution in [2.45, 2.75) is 6.04 Å². The second-order valence-electron chi connectivity index (χ2n) is 5.69. The van der Waals surface area contributed by atoms with E-state index in [-0.39, 0.29) is 18.5 Å². The predicted octanol–water partition coefficient (Wildman–Crippen LogP) is 2.98. The molecule has 0 fully saturated rings. The minimum Gasteiger partial charge on any atom is -0.397 e. The van der Waals surface area contributed by atoms with Crippen molar-refractivity contribution in [1.82, 2.24) is 10.3 Å². The Morgan fingerprint density at radius 1 is 0.960 bits per heavy atom. The molecular weight excluding hydrogens is 312 g/mol. The average molecular weight is 332 g/mol. The van der Waals surface area contributed by atoms with E-state index in [1.165, 1.54) is 6.20 Å². The van der Waals surface area contributed by atoms with Crippen molar-refractivity contribution in [3.8, 4) is 0 Å². The van der Waals surface area contributed by atoms with E-state index in [2.05, 4.69) is 15.6 Å². The highest BCUT2D eigenvalue weighted by atomic mass is 16.1. The number of nitrogens with one attached hydrogen (secondary N) is 2. The molecule has 0 radical (unpaired) electrons. The Morgan fingerprint density at radius 3 is 2.12 bits per heavy atom. The fraction of sp³-hybridized carbons (Fsp3) is 0.100. The lowest BCUT2D eigenvalue weighted by Gasteiger charge is -2.19. The zero-order valence-electron chi connectivity index (χ0n) is 13.7. The first kappa shape index (κ1) is 16.7. The second kappa shape index (κ2) is 8.08. The Balaban J connectivity index is 1.70. The summed E-state index contributed by atoms with van der Waals surface area (Å²) >= 11 is 0. The highest BCUT2D eigenvalue weighted by Gasteiger charge is 2.14. The molecule has 0 bridgehead atoms. The molecule has 126 valence electrons. The molecule has 1 heterocycles. The Bertz CT molecular complexity index is 782. The van der Waals surface area contributed by atoms with E-state index in [1.54, 1.807) is 12.3 Å². The normalized spacial score (nSPS) is 10.6. The van der Waals surface area contributed by atoms with Crippen molar-refractivity contribution in [2.24, 2.45) is 0 Å². The number of nitrogens with two attached hydrogens (primary N) is 1. The molecule has 5 heteroatoms. The van der Waals surface area contributed by atoms with Gasteiger partial charge in [-0.15, -0.1) is 0 Å². The van der Waals surface area contributed by atoms with Gasteiger partial charge in [-0.3, -0.25) is 15.1 Å². The molecule has 1 aromatic heterocycles. The Morgan fingerprint density at radius 2 is 1.56 bits per heavy atom. The lowest BCUT2D eigenvalue weighted by Crippen LogP contribution is -2.32. The van der Waals surface area contributed by atoms with E-state index in [0.717, 1.165) is 11.1 Å². The number of hydrogen-bond acceptors (Lipinski definition) is 4. The molecule has 5 nitrogen and oxygen atoms in total. The number of aromatic nitrogens is 1. The maximum Gasteiger partial charge on any atom is 0.238 e. The van der Waals surface area contributed by atoms with Gasteiger partial charge in [-0.2, -0.15) is 0 Å². The Labute approximate surface area is 146 Å². The van der Waals surface area contributed by atoms with Gasteiger partial charge < -0.3 is 11.1 Å². The summed E-state index contributed by atoms with van der Waals surface area (Å²) in [5, 5.41) is 6.12. The highest BCUT2D eigenvalue weighted by molar-refractivity contribution is 5.92. The fourth-order valence-corrected chi connectivity index (χ4v) is 2.65. The van der Waals surface area contributed by atoms with Crippen LogP contribution in [-0.2, 0) is 4.79 Å². The topological polar surface area (TPSA) is 80.0 Å². The molecule has 0 unspecified atom stereocenters. The lowest BCUT2D eigenvalue weighted by atomic mass is 9.99. The van der Waals surface area contributed by atoms with Crippen molar-refractivity contribution >= 4 is 17.3 Å². The smallest absolute Gasteiger partial charge is 0.238 e. The Hall–Kier alpha value is -3.18. The number of hydrogen-bond donors (Lipinski definition) is 3. The zero-order valence-corrected chi connectivity index (χ0v) is 13.7. The van der Waals surface area contributed by atoms with Gasteiger partial charge in [0.2, 0.25) is 5.91 Å². The van der Waals surface area contributed by atoms with Gasteiger partial charge in [0.15, 0.2) is 0 Å². The zero-order chi connectivity index (χ0) is 17.5. The number of carbonyl (C=O) groups is 1. The van der Waals surface area contributed by atoms with Crippen LogP contribution in [0, 0.1) is 0 Å². The van der Waals surface area contributed by atoms with Gasteiger partial charge in [0.05, 0.1) is 30.2 Å². The molecule has 0 aliphatic heterocycles. The van der Waals surface area contributed by atoms with Crippen LogP contribution in [0.1, 0.15) is 17.2 Å². The van der Waals surface area contributed by atoms with E-state index in [0.29, 0.717) is 11.4 Å². The SMILES string of the molecule is Nc1cncc(NC(=O)CNC(c2ccccc2)c2ccccc2)c1. The molecule has 1 amide bonds. The largest absolute Gasteiger partial charge is 0.397 e. The lowest BCUT2D eigenvalue weighted by molar-refractivity contribution is -0.115. The van der Waals surface area contributed by atoms with Crippen LogP contribution in [0.5, 0.6) is 0 Å². The van der Waals surface area contributed by atoms with Crippen molar-refractivity contribution in [2.75, 3.05) is 17.6 Å². The maximum absolute atomic E-state index is 12.2. The summed E-state index contributed by atoms with van der Waals surface area (Å²) in [6.07, 6.45) is 3.11. The number of rotatable bonds is 6. The summed E-state index contributed by atoms with van der Waals surface area (Å²) in [6, 6.07) is 21.7. The van der Waals surface area contributed by atoms with Crippen LogP contribution < -0.4 is 16.4 Å². The van der Waals surface area contributed by atoms with Crippen molar-refractivity contribution in [1.29, 1.82) is 0 Å². The third-order valence-corrected chi connectivity index (χ3v) is 3.78. The number of amides is 1. The minimum absolute atomic E-state index is 0.0629. The minimum atomic E-state index is -0.149. The molecule has 0 aliphatic rings. The molecule has 0 aliphatic carbocycles. The third kappa shape index (κ3) is 4.65. The first-order valence-electron chi connectivity index (χ1n) is 8.06. The maximum atomic E-state index is 12.2. The van der Waals surface area contributed by atoms with Gasteiger partial charge in [-0.25, -0.2) is 0 Å². The van der Waals surface area contributed by atoms with Crippen LogP contribution >= 0.6 is 0 Å². The van der Waals surface area contributed by atoms with Gasteiger partial charge >= 0.3 is 0 Å². The summed E-state index contributed by atoms with van der Waals surface area (Å²) in [4.78, 5) is 16.2. The number of pyridine rings is 1. The summed E-state index contributed by atoms with van der Waals surface area (Å²) in [6.45, 7) is 0.170. The average Bonchev–Trinajstić information content (AvgIpc) is 2.64. The third-order valence-electron chi connectivity index (χ3n) is 3.78. The monoisotopic (exact) mass is 332 g/mol. The molecule has 3 aromatic rings. The van der Waals surface area contributed by atoms with Crippen LogP contribution in [-0.4, -0.2) is 17.4 Å². The van der Waals surface area contributed by atoms with E-state index in [1.807, 2.05) is 60.7 Å². The first-order valence-corrected chi connectivity index (χ1v) is 8.06. The molecule has 3 rings (SSSR count). The van der Waals surface area contributed by atoms with E-state index < -0.39 is 0 Å².